The highest BCUT2D eigenvalue weighted by Crippen LogP contribution is 2.28. The van der Waals surface area contributed by atoms with Gasteiger partial charge in [-0.05, 0) is 47.9 Å². The summed E-state index contributed by atoms with van der Waals surface area (Å²) in [6.45, 7) is 0.379. The van der Waals surface area contributed by atoms with E-state index in [-0.39, 0.29) is 24.5 Å². The zero-order chi connectivity index (χ0) is 24.5. The first-order valence-corrected chi connectivity index (χ1v) is 12.2. The molecule has 3 aromatic carbocycles. The molecule has 2 heterocycles. The minimum Gasteiger partial charge on any atom is -0.396 e. The lowest BCUT2D eigenvalue weighted by atomic mass is 9.95. The van der Waals surface area contributed by atoms with Gasteiger partial charge in [0.25, 0.3) is 0 Å². The summed E-state index contributed by atoms with van der Waals surface area (Å²) >= 11 is 12.7. The van der Waals surface area contributed by atoms with Gasteiger partial charge in [0.05, 0.1) is 16.7 Å². The lowest BCUT2D eigenvalue weighted by Crippen LogP contribution is -2.23. The minimum atomic E-state index is -0.616. The molecule has 1 aromatic heterocycles. The number of hydrogen-bond acceptors (Lipinski definition) is 4. The molecular formula is C27H23Cl2N3O3. The van der Waals surface area contributed by atoms with Crippen LogP contribution in [-0.4, -0.2) is 38.8 Å². The predicted octanol–water partition coefficient (Wildman–Crippen LogP) is 4.59. The van der Waals surface area contributed by atoms with Crippen molar-refractivity contribution < 1.29 is 9.90 Å². The van der Waals surface area contributed by atoms with Crippen LogP contribution in [0.25, 0.3) is 11.0 Å². The van der Waals surface area contributed by atoms with E-state index in [0.717, 1.165) is 22.3 Å². The normalized spacial score (nSPS) is 15.7. The van der Waals surface area contributed by atoms with E-state index in [1.807, 2.05) is 54.6 Å². The van der Waals surface area contributed by atoms with Crippen LogP contribution in [0, 0.1) is 0 Å². The van der Waals surface area contributed by atoms with E-state index in [2.05, 4.69) is 4.98 Å². The third-order valence-electron chi connectivity index (χ3n) is 6.31. The predicted molar refractivity (Wildman–Crippen MR) is 139 cm³/mol. The molecule has 0 unspecified atom stereocenters. The Morgan fingerprint density at radius 3 is 2.69 bits per heavy atom. The van der Waals surface area contributed by atoms with Gasteiger partial charge in [0, 0.05) is 47.2 Å². The maximum absolute atomic E-state index is 13.3. The molecule has 35 heavy (non-hydrogen) atoms. The fourth-order valence-electron chi connectivity index (χ4n) is 4.54. The number of carbonyl (C=O) groups is 1. The summed E-state index contributed by atoms with van der Waals surface area (Å²) in [5.74, 6) is 0.00562. The number of H-pyrrole nitrogens is 1. The second kappa shape index (κ2) is 9.82. The van der Waals surface area contributed by atoms with E-state index in [1.54, 1.807) is 10.6 Å². The highest BCUT2D eigenvalue weighted by atomic mass is 35.5. The van der Waals surface area contributed by atoms with Crippen LogP contribution in [0.15, 0.2) is 70.5 Å². The second-order valence-corrected chi connectivity index (χ2v) is 9.47. The molecule has 0 fully saturated rings. The molecule has 5 rings (SSSR count). The molecule has 2 N–H and O–H groups in total. The smallest absolute Gasteiger partial charge is 0.326 e. The van der Waals surface area contributed by atoms with E-state index in [1.165, 1.54) is 0 Å². The Kier molecular flexibility index (Phi) is 6.60. The summed E-state index contributed by atoms with van der Waals surface area (Å²) < 4.78 is 1.61. The van der Waals surface area contributed by atoms with Gasteiger partial charge < -0.3 is 10.1 Å². The van der Waals surface area contributed by atoms with Crippen molar-refractivity contribution in [1.29, 1.82) is 0 Å². The molecule has 0 spiro atoms. The molecule has 0 saturated carbocycles. The Morgan fingerprint density at radius 1 is 1.06 bits per heavy atom. The van der Waals surface area contributed by atoms with Crippen LogP contribution in [0.2, 0.25) is 10.0 Å². The largest absolute Gasteiger partial charge is 0.396 e. The number of nitrogens with one attached hydrogen (secondary N) is 1. The van der Waals surface area contributed by atoms with Gasteiger partial charge in [-0.1, -0.05) is 53.5 Å². The van der Waals surface area contributed by atoms with Crippen molar-refractivity contribution in [3.63, 3.8) is 0 Å². The lowest BCUT2D eigenvalue weighted by Gasteiger charge is -2.13. The molecule has 8 heteroatoms. The SMILES string of the molecule is O=C1Cc2ccc(Cl)cc2C(c2ccc3[nH]c(=O)n(CCCO)c3c2)=N[C@@H]1Cc1ccccc1Cl. The summed E-state index contributed by atoms with van der Waals surface area (Å²) in [5.41, 5.74) is 5.11. The first kappa shape index (κ1) is 23.5. The number of aliphatic hydroxyl groups is 1. The molecule has 6 nitrogen and oxygen atoms in total. The monoisotopic (exact) mass is 507 g/mol. The number of aromatic nitrogens is 2. The van der Waals surface area contributed by atoms with Crippen LogP contribution in [-0.2, 0) is 24.2 Å². The summed E-state index contributed by atoms with van der Waals surface area (Å²) in [6.07, 6.45) is 1.09. The fraction of sp³-hybridized carbons (Fsp3) is 0.222. The Balaban J connectivity index is 1.67. The molecule has 0 saturated heterocycles. The highest BCUT2D eigenvalue weighted by Gasteiger charge is 2.27. The molecule has 0 bridgehead atoms. The van der Waals surface area contributed by atoms with Crippen LogP contribution in [0.4, 0.5) is 0 Å². The quantitative estimate of drug-likeness (QED) is 0.400. The maximum atomic E-state index is 13.3. The van der Waals surface area contributed by atoms with Gasteiger partial charge in [0.2, 0.25) is 0 Å². The summed E-state index contributed by atoms with van der Waals surface area (Å²) in [7, 11) is 0. The molecule has 178 valence electrons. The number of ketones is 1. The number of aryl methyl sites for hydroxylation is 1. The molecule has 0 radical (unpaired) electrons. The number of imidazole rings is 1. The Morgan fingerprint density at radius 2 is 1.89 bits per heavy atom. The number of aliphatic imine (C=N–C) groups is 1. The first-order valence-electron chi connectivity index (χ1n) is 11.4. The lowest BCUT2D eigenvalue weighted by molar-refractivity contribution is -0.119. The van der Waals surface area contributed by atoms with E-state index in [9.17, 15) is 14.7 Å². The second-order valence-electron chi connectivity index (χ2n) is 8.62. The highest BCUT2D eigenvalue weighted by molar-refractivity contribution is 6.32. The van der Waals surface area contributed by atoms with Gasteiger partial charge in [0.15, 0.2) is 5.78 Å². The van der Waals surface area contributed by atoms with E-state index in [0.29, 0.717) is 46.2 Å². The van der Waals surface area contributed by atoms with Crippen LogP contribution < -0.4 is 5.69 Å². The number of aliphatic hydroxyl groups excluding tert-OH is 1. The number of hydrogen-bond donors (Lipinski definition) is 2. The van der Waals surface area contributed by atoms with E-state index >= 15 is 0 Å². The zero-order valence-electron chi connectivity index (χ0n) is 18.8. The number of carbonyl (C=O) groups excluding carboxylic acids is 1. The van der Waals surface area contributed by atoms with Gasteiger partial charge in [-0.25, -0.2) is 4.79 Å². The average molecular weight is 508 g/mol. The molecule has 1 atom stereocenters. The topological polar surface area (TPSA) is 87.5 Å². The number of rotatable bonds is 6. The fourth-order valence-corrected chi connectivity index (χ4v) is 4.92. The van der Waals surface area contributed by atoms with Crippen LogP contribution in [0.5, 0.6) is 0 Å². The van der Waals surface area contributed by atoms with Gasteiger partial charge >= 0.3 is 5.69 Å². The third-order valence-corrected chi connectivity index (χ3v) is 6.91. The van der Waals surface area contributed by atoms with Crippen molar-refractivity contribution >= 4 is 45.7 Å². The number of benzene rings is 3. The Bertz CT molecular complexity index is 1520. The van der Waals surface area contributed by atoms with Crippen LogP contribution in [0.1, 0.15) is 28.7 Å². The van der Waals surface area contributed by atoms with Gasteiger partial charge in [0.1, 0.15) is 6.04 Å². The van der Waals surface area contributed by atoms with Gasteiger partial charge in [-0.3, -0.25) is 14.4 Å². The summed E-state index contributed by atoms with van der Waals surface area (Å²) in [4.78, 5) is 33.6. The van der Waals surface area contributed by atoms with Crippen molar-refractivity contribution in [3.8, 4) is 0 Å². The van der Waals surface area contributed by atoms with Gasteiger partial charge in [-0.15, -0.1) is 0 Å². The number of halogens is 2. The minimum absolute atomic E-state index is 0.00562. The van der Waals surface area contributed by atoms with E-state index in [4.69, 9.17) is 28.2 Å². The standard InChI is InChI=1S/C27H23Cl2N3O3/c28-19-8-6-16-14-25(34)23(12-17-4-1-2-5-21(17)29)30-26(20(16)15-19)18-7-9-22-24(13-18)32(10-3-11-33)27(35)31-22/h1-2,4-9,13,15,23,33H,3,10-12,14H2,(H,31,35)/t23-/m1/s1. The summed E-state index contributed by atoms with van der Waals surface area (Å²) in [6, 6.07) is 18.0. The summed E-state index contributed by atoms with van der Waals surface area (Å²) in [5, 5.41) is 10.4. The van der Waals surface area contributed by atoms with Crippen LogP contribution >= 0.6 is 23.2 Å². The number of aromatic amines is 1. The Hall–Kier alpha value is -3.19. The number of nitrogens with zero attached hydrogens (tertiary/aromatic N) is 2. The van der Waals surface area contributed by atoms with Crippen molar-refractivity contribution in [1.82, 2.24) is 9.55 Å². The first-order chi connectivity index (χ1) is 16.9. The zero-order valence-corrected chi connectivity index (χ0v) is 20.3. The molecular weight excluding hydrogens is 485 g/mol. The molecule has 0 aliphatic carbocycles. The third kappa shape index (κ3) is 4.69. The van der Waals surface area contributed by atoms with Crippen molar-refractivity contribution in [2.45, 2.75) is 31.8 Å². The Labute approximate surface area is 211 Å². The molecule has 0 amide bonds. The van der Waals surface area contributed by atoms with Crippen molar-refractivity contribution in [2.75, 3.05) is 6.61 Å². The maximum Gasteiger partial charge on any atom is 0.326 e. The number of Topliss-reactive ketones (excluding diaryl/α,β-unsaturated/α-hetero) is 1. The van der Waals surface area contributed by atoms with Crippen molar-refractivity contribution in [3.05, 3.63) is 103 Å². The average Bonchev–Trinajstić information content (AvgIpc) is 3.09. The van der Waals surface area contributed by atoms with Gasteiger partial charge in [-0.2, -0.15) is 0 Å². The number of fused-ring (bicyclic) bond motifs is 2. The molecule has 1 aliphatic rings. The van der Waals surface area contributed by atoms with E-state index < -0.39 is 6.04 Å². The van der Waals surface area contributed by atoms with Crippen molar-refractivity contribution in [2.24, 2.45) is 4.99 Å². The molecule has 4 aromatic rings. The molecule has 1 aliphatic heterocycles. The van der Waals surface area contributed by atoms with Crippen LogP contribution in [0.3, 0.4) is 0 Å².